The van der Waals surface area contributed by atoms with Crippen LogP contribution in [0.15, 0.2) is 54.7 Å². The van der Waals surface area contributed by atoms with Crippen molar-refractivity contribution < 1.29 is 4.74 Å². The molecule has 2 aliphatic rings. The Bertz CT molecular complexity index is 990. The van der Waals surface area contributed by atoms with Gasteiger partial charge in [-0.15, -0.1) is 0 Å². The lowest BCUT2D eigenvalue weighted by Gasteiger charge is -2.35. The Labute approximate surface area is 178 Å². The van der Waals surface area contributed by atoms with Crippen LogP contribution in [0.2, 0.25) is 0 Å². The second kappa shape index (κ2) is 8.62. The summed E-state index contributed by atoms with van der Waals surface area (Å²) in [7, 11) is 2.20. The Morgan fingerprint density at radius 3 is 2.47 bits per heavy atom. The number of nitrogens with zero attached hydrogens (tertiary/aromatic N) is 3. The smallest absolute Gasteiger partial charge is 0.119 e. The van der Waals surface area contributed by atoms with E-state index in [4.69, 9.17) is 9.72 Å². The van der Waals surface area contributed by atoms with E-state index in [1.54, 1.807) is 0 Å². The van der Waals surface area contributed by atoms with E-state index in [-0.39, 0.29) is 0 Å². The molecule has 1 aromatic heterocycles. The molecule has 3 heterocycles. The molecular weight excluding hydrogens is 372 g/mol. The fourth-order valence-electron chi connectivity index (χ4n) is 4.53. The van der Waals surface area contributed by atoms with Gasteiger partial charge in [0.05, 0.1) is 11.2 Å². The molecule has 0 bridgehead atoms. The van der Waals surface area contributed by atoms with Gasteiger partial charge in [0, 0.05) is 43.3 Å². The van der Waals surface area contributed by atoms with Crippen LogP contribution >= 0.6 is 0 Å². The van der Waals surface area contributed by atoms with E-state index in [1.807, 2.05) is 12.3 Å². The van der Waals surface area contributed by atoms with Crippen molar-refractivity contribution in [3.8, 4) is 16.9 Å². The summed E-state index contributed by atoms with van der Waals surface area (Å²) in [5, 5.41) is 4.59. The molecule has 5 rings (SSSR count). The molecule has 0 atom stereocenters. The molecule has 30 heavy (non-hydrogen) atoms. The lowest BCUT2D eigenvalue weighted by atomic mass is 9.99. The Balaban J connectivity index is 1.48. The molecule has 5 heteroatoms. The molecular formula is C25H30N4O. The average Bonchev–Trinajstić information content (AvgIpc) is 2.80. The van der Waals surface area contributed by atoms with Crippen LogP contribution in [0.4, 0.5) is 5.69 Å². The van der Waals surface area contributed by atoms with Gasteiger partial charge >= 0.3 is 0 Å². The first kappa shape index (κ1) is 19.3. The second-order valence-corrected chi connectivity index (χ2v) is 8.42. The fourth-order valence-corrected chi connectivity index (χ4v) is 4.53. The van der Waals surface area contributed by atoms with E-state index in [0.717, 1.165) is 63.4 Å². The Hall–Kier alpha value is -2.63. The summed E-state index contributed by atoms with van der Waals surface area (Å²) in [5.41, 5.74) is 4.82. The van der Waals surface area contributed by atoms with Gasteiger partial charge in [-0.25, -0.2) is 0 Å². The second-order valence-electron chi connectivity index (χ2n) is 8.42. The predicted molar refractivity (Wildman–Crippen MR) is 123 cm³/mol. The van der Waals surface area contributed by atoms with Gasteiger partial charge in [-0.3, -0.25) is 4.98 Å². The molecule has 2 fully saturated rings. The molecule has 3 aromatic rings. The van der Waals surface area contributed by atoms with E-state index < -0.39 is 0 Å². The average molecular weight is 403 g/mol. The van der Waals surface area contributed by atoms with E-state index in [1.165, 1.54) is 22.2 Å². The van der Waals surface area contributed by atoms with Crippen LogP contribution in [0, 0.1) is 0 Å². The van der Waals surface area contributed by atoms with Crippen LogP contribution in [-0.2, 0) is 0 Å². The number of likely N-dealkylation sites (N-methyl/N-ethyl adjacent to an activating group) is 1. The molecule has 0 aliphatic carbocycles. The molecule has 1 N–H and O–H groups in total. The SMILES string of the molecule is CN1CCN(c2c(-c3ccc(OC4CCNCC4)cc3)ccc3cccnc23)CC1. The maximum atomic E-state index is 6.21. The third kappa shape index (κ3) is 4.00. The number of piperidine rings is 1. The Kier molecular flexibility index (Phi) is 5.56. The van der Waals surface area contributed by atoms with Crippen molar-refractivity contribution in [1.82, 2.24) is 15.2 Å². The van der Waals surface area contributed by atoms with Crippen LogP contribution in [0.1, 0.15) is 12.8 Å². The minimum Gasteiger partial charge on any atom is -0.490 e. The molecule has 156 valence electrons. The number of hydrogen-bond acceptors (Lipinski definition) is 5. The summed E-state index contributed by atoms with van der Waals surface area (Å²) in [6, 6.07) is 17.2. The number of pyridine rings is 1. The molecule has 0 unspecified atom stereocenters. The van der Waals surface area contributed by atoms with Crippen molar-refractivity contribution >= 4 is 16.6 Å². The highest BCUT2D eigenvalue weighted by atomic mass is 16.5. The van der Waals surface area contributed by atoms with Gasteiger partial charge in [-0.1, -0.05) is 30.3 Å². The van der Waals surface area contributed by atoms with E-state index in [9.17, 15) is 0 Å². The molecule has 5 nitrogen and oxygen atoms in total. The number of piperazine rings is 1. The molecule has 0 amide bonds. The third-order valence-electron chi connectivity index (χ3n) is 6.32. The van der Waals surface area contributed by atoms with Crippen LogP contribution in [0.25, 0.3) is 22.0 Å². The highest BCUT2D eigenvalue weighted by molar-refractivity contribution is 5.99. The minimum absolute atomic E-state index is 0.322. The van der Waals surface area contributed by atoms with E-state index in [0.29, 0.717) is 6.10 Å². The zero-order valence-electron chi connectivity index (χ0n) is 17.7. The number of nitrogens with one attached hydrogen (secondary N) is 1. The van der Waals surface area contributed by atoms with Gasteiger partial charge in [-0.05, 0) is 56.7 Å². The van der Waals surface area contributed by atoms with Crippen molar-refractivity contribution in [3.63, 3.8) is 0 Å². The topological polar surface area (TPSA) is 40.6 Å². The molecule has 0 saturated carbocycles. The predicted octanol–water partition coefficient (Wildman–Crippen LogP) is 3.78. The zero-order chi connectivity index (χ0) is 20.3. The van der Waals surface area contributed by atoms with Gasteiger partial charge in [0.2, 0.25) is 0 Å². The minimum atomic E-state index is 0.322. The lowest BCUT2D eigenvalue weighted by molar-refractivity contribution is 0.162. The third-order valence-corrected chi connectivity index (χ3v) is 6.32. The zero-order valence-corrected chi connectivity index (χ0v) is 17.7. The fraction of sp³-hybridized carbons (Fsp3) is 0.400. The number of aromatic nitrogens is 1. The number of anilines is 1. The van der Waals surface area contributed by atoms with Gasteiger partial charge in [0.1, 0.15) is 11.9 Å². The Morgan fingerprint density at radius 2 is 1.70 bits per heavy atom. The molecule has 0 radical (unpaired) electrons. The first-order valence-corrected chi connectivity index (χ1v) is 11.1. The van der Waals surface area contributed by atoms with Gasteiger partial charge in [0.15, 0.2) is 0 Å². The molecule has 2 aliphatic heterocycles. The molecule has 0 spiro atoms. The lowest BCUT2D eigenvalue weighted by Crippen LogP contribution is -2.44. The summed E-state index contributed by atoms with van der Waals surface area (Å²) in [5.74, 6) is 0.964. The van der Waals surface area contributed by atoms with Crippen molar-refractivity contribution in [1.29, 1.82) is 0 Å². The number of fused-ring (bicyclic) bond motifs is 1. The number of rotatable bonds is 4. The monoisotopic (exact) mass is 402 g/mol. The normalized spacial score (nSPS) is 18.6. The van der Waals surface area contributed by atoms with Crippen LogP contribution in [0.5, 0.6) is 5.75 Å². The maximum absolute atomic E-state index is 6.21. The van der Waals surface area contributed by atoms with Crippen molar-refractivity contribution in [3.05, 3.63) is 54.7 Å². The standard InChI is InChI=1S/C25H30N4O/c1-28-15-17-29(18-16-28)25-23(9-6-20-3-2-12-27-24(20)25)19-4-7-21(8-5-19)30-22-10-13-26-14-11-22/h2-9,12,22,26H,10-11,13-18H2,1H3. The summed E-state index contributed by atoms with van der Waals surface area (Å²) in [6.07, 6.45) is 4.38. The Morgan fingerprint density at radius 1 is 0.933 bits per heavy atom. The van der Waals surface area contributed by atoms with Crippen LogP contribution < -0.4 is 15.0 Å². The van der Waals surface area contributed by atoms with Gasteiger partial charge in [-0.2, -0.15) is 0 Å². The number of ether oxygens (including phenoxy) is 1. The van der Waals surface area contributed by atoms with Crippen molar-refractivity contribution in [2.24, 2.45) is 0 Å². The quantitative estimate of drug-likeness (QED) is 0.719. The highest BCUT2D eigenvalue weighted by Gasteiger charge is 2.21. The summed E-state index contributed by atoms with van der Waals surface area (Å²) in [6.45, 7) is 6.28. The van der Waals surface area contributed by atoms with Crippen LogP contribution in [0.3, 0.4) is 0 Å². The summed E-state index contributed by atoms with van der Waals surface area (Å²) < 4.78 is 6.21. The van der Waals surface area contributed by atoms with Crippen molar-refractivity contribution in [2.45, 2.75) is 18.9 Å². The first-order chi connectivity index (χ1) is 14.8. The number of benzene rings is 2. The largest absolute Gasteiger partial charge is 0.490 e. The van der Waals surface area contributed by atoms with Crippen molar-refractivity contribution in [2.75, 3.05) is 51.2 Å². The molecule has 2 saturated heterocycles. The maximum Gasteiger partial charge on any atom is 0.119 e. The highest BCUT2D eigenvalue weighted by Crippen LogP contribution is 2.37. The summed E-state index contributed by atoms with van der Waals surface area (Å²) in [4.78, 5) is 9.67. The van der Waals surface area contributed by atoms with Crippen LogP contribution in [-0.4, -0.2) is 62.3 Å². The number of hydrogen-bond donors (Lipinski definition) is 1. The van der Waals surface area contributed by atoms with E-state index >= 15 is 0 Å². The van der Waals surface area contributed by atoms with E-state index in [2.05, 4.69) is 64.6 Å². The molecule has 2 aromatic carbocycles. The van der Waals surface area contributed by atoms with Gasteiger partial charge < -0.3 is 19.9 Å². The first-order valence-electron chi connectivity index (χ1n) is 11.1. The van der Waals surface area contributed by atoms with Gasteiger partial charge in [0.25, 0.3) is 0 Å². The summed E-state index contributed by atoms with van der Waals surface area (Å²) >= 11 is 0.